The standard InChI is InChI=1S/C19H21N3O3S2/c1-11(17(23)20-9-12-5-4-8-25-12)26-10-15-21-18(24)16-13-6-2-3-7-14(13)27-19(16)22-15/h4-5,8,11H,2-3,6-7,9-10H2,1H3,(H,20,23)(H,21,22,24)/t11-/m0/s1. The van der Waals surface area contributed by atoms with E-state index in [0.29, 0.717) is 18.1 Å². The quantitative estimate of drug-likeness (QED) is 0.659. The van der Waals surface area contributed by atoms with E-state index in [1.165, 1.54) is 28.6 Å². The lowest BCUT2D eigenvalue weighted by atomic mass is 9.97. The van der Waals surface area contributed by atoms with Crippen LogP contribution < -0.4 is 10.9 Å². The van der Waals surface area contributed by atoms with Gasteiger partial charge < -0.3 is 14.7 Å². The predicted molar refractivity (Wildman–Crippen MR) is 108 cm³/mol. The van der Waals surface area contributed by atoms with Crippen molar-refractivity contribution in [3.8, 4) is 0 Å². The highest BCUT2D eigenvalue weighted by molar-refractivity contribution is 7.99. The van der Waals surface area contributed by atoms with Gasteiger partial charge >= 0.3 is 0 Å². The fraction of sp³-hybridized carbons (Fsp3) is 0.421. The van der Waals surface area contributed by atoms with Crippen LogP contribution in [0.4, 0.5) is 0 Å². The maximum atomic E-state index is 12.6. The Labute approximate surface area is 164 Å². The number of fused-ring (bicyclic) bond motifs is 3. The molecule has 6 nitrogen and oxygen atoms in total. The monoisotopic (exact) mass is 403 g/mol. The molecular formula is C19H21N3O3S2. The fourth-order valence-electron chi connectivity index (χ4n) is 3.29. The van der Waals surface area contributed by atoms with Crippen molar-refractivity contribution in [3.05, 3.63) is 50.8 Å². The Morgan fingerprint density at radius 3 is 3.11 bits per heavy atom. The Bertz CT molecular complexity index is 1010. The van der Waals surface area contributed by atoms with Gasteiger partial charge in [0.25, 0.3) is 5.56 Å². The summed E-state index contributed by atoms with van der Waals surface area (Å²) >= 11 is 3.10. The van der Waals surface area contributed by atoms with Crippen molar-refractivity contribution in [2.75, 3.05) is 0 Å². The summed E-state index contributed by atoms with van der Waals surface area (Å²) in [5, 5.41) is 3.37. The number of aromatic nitrogens is 2. The van der Waals surface area contributed by atoms with E-state index in [0.717, 1.165) is 35.2 Å². The smallest absolute Gasteiger partial charge is 0.259 e. The largest absolute Gasteiger partial charge is 0.467 e. The van der Waals surface area contributed by atoms with E-state index >= 15 is 0 Å². The number of carbonyl (C=O) groups is 1. The van der Waals surface area contributed by atoms with Crippen LogP contribution in [0.1, 0.15) is 41.8 Å². The molecule has 1 atom stereocenters. The summed E-state index contributed by atoms with van der Waals surface area (Å²) in [6.07, 6.45) is 5.93. The highest BCUT2D eigenvalue weighted by Gasteiger charge is 2.20. The number of thiophene rings is 1. The van der Waals surface area contributed by atoms with Gasteiger partial charge in [0, 0.05) is 4.88 Å². The summed E-state index contributed by atoms with van der Waals surface area (Å²) in [6.45, 7) is 2.22. The Hall–Kier alpha value is -2.06. The van der Waals surface area contributed by atoms with E-state index in [9.17, 15) is 9.59 Å². The molecule has 4 rings (SSSR count). The zero-order valence-corrected chi connectivity index (χ0v) is 16.7. The number of nitrogens with zero attached hydrogens (tertiary/aromatic N) is 1. The van der Waals surface area contributed by atoms with Gasteiger partial charge in [-0.25, -0.2) is 4.98 Å². The van der Waals surface area contributed by atoms with Crippen LogP contribution in [0.25, 0.3) is 10.2 Å². The van der Waals surface area contributed by atoms with E-state index in [4.69, 9.17) is 4.42 Å². The van der Waals surface area contributed by atoms with Crippen molar-refractivity contribution >= 4 is 39.2 Å². The summed E-state index contributed by atoms with van der Waals surface area (Å²) in [7, 11) is 0. The van der Waals surface area contributed by atoms with Gasteiger partial charge in [0.15, 0.2) is 0 Å². The predicted octanol–water partition coefficient (Wildman–Crippen LogP) is 3.39. The van der Waals surface area contributed by atoms with Gasteiger partial charge in [-0.2, -0.15) is 0 Å². The third kappa shape index (κ3) is 3.96. The minimum atomic E-state index is -0.252. The molecule has 1 aliphatic carbocycles. The molecule has 0 fully saturated rings. The second kappa shape index (κ2) is 7.90. The van der Waals surface area contributed by atoms with E-state index in [-0.39, 0.29) is 16.7 Å². The lowest BCUT2D eigenvalue weighted by Gasteiger charge is -2.11. The molecule has 3 heterocycles. The average Bonchev–Trinajstić information content (AvgIpc) is 3.31. The average molecular weight is 404 g/mol. The molecule has 1 aliphatic rings. The number of furan rings is 1. The van der Waals surface area contributed by atoms with Crippen molar-refractivity contribution in [1.82, 2.24) is 15.3 Å². The van der Waals surface area contributed by atoms with E-state index in [1.807, 2.05) is 13.0 Å². The molecule has 0 radical (unpaired) electrons. The second-order valence-electron chi connectivity index (χ2n) is 6.65. The van der Waals surface area contributed by atoms with E-state index < -0.39 is 0 Å². The Balaban J connectivity index is 1.41. The molecule has 0 aromatic carbocycles. The van der Waals surface area contributed by atoms with Crippen molar-refractivity contribution in [2.24, 2.45) is 0 Å². The first-order valence-electron chi connectivity index (χ1n) is 9.07. The molecule has 0 bridgehead atoms. The van der Waals surface area contributed by atoms with Crippen molar-refractivity contribution < 1.29 is 9.21 Å². The van der Waals surface area contributed by atoms with E-state index in [1.54, 1.807) is 23.7 Å². The maximum Gasteiger partial charge on any atom is 0.259 e. The normalized spacial score (nSPS) is 14.9. The van der Waals surface area contributed by atoms with Crippen LogP contribution in [-0.4, -0.2) is 21.1 Å². The number of hydrogen-bond donors (Lipinski definition) is 2. The van der Waals surface area contributed by atoms with Crippen molar-refractivity contribution in [1.29, 1.82) is 0 Å². The number of thioether (sulfide) groups is 1. The summed E-state index contributed by atoms with van der Waals surface area (Å²) in [4.78, 5) is 34.5. The third-order valence-corrected chi connectivity index (χ3v) is 7.07. The summed E-state index contributed by atoms with van der Waals surface area (Å²) in [5.41, 5.74) is 1.14. The SMILES string of the molecule is C[C@H](SCc1nc2sc3c(c2c(=O)[nH]1)CCCC3)C(=O)NCc1ccco1. The summed E-state index contributed by atoms with van der Waals surface area (Å²) in [6, 6.07) is 3.61. The lowest BCUT2D eigenvalue weighted by molar-refractivity contribution is -0.120. The molecular weight excluding hydrogens is 382 g/mol. The highest BCUT2D eigenvalue weighted by atomic mass is 32.2. The molecule has 0 unspecified atom stereocenters. The van der Waals surface area contributed by atoms with Crippen LogP contribution in [0.3, 0.4) is 0 Å². The Morgan fingerprint density at radius 2 is 2.30 bits per heavy atom. The van der Waals surface area contributed by atoms with Gasteiger partial charge in [-0.1, -0.05) is 0 Å². The molecule has 8 heteroatoms. The molecule has 2 N–H and O–H groups in total. The van der Waals surface area contributed by atoms with Crippen LogP contribution in [0, 0.1) is 0 Å². The zero-order chi connectivity index (χ0) is 18.8. The molecule has 27 heavy (non-hydrogen) atoms. The van der Waals surface area contributed by atoms with Gasteiger partial charge in [0.1, 0.15) is 16.4 Å². The Kier molecular flexibility index (Phi) is 5.36. The van der Waals surface area contributed by atoms with Crippen molar-refractivity contribution in [3.63, 3.8) is 0 Å². The number of rotatable bonds is 6. The zero-order valence-electron chi connectivity index (χ0n) is 15.0. The first-order valence-corrected chi connectivity index (χ1v) is 10.9. The minimum Gasteiger partial charge on any atom is -0.467 e. The third-order valence-electron chi connectivity index (χ3n) is 4.73. The van der Waals surface area contributed by atoms with Gasteiger partial charge in [-0.3, -0.25) is 9.59 Å². The first-order chi connectivity index (χ1) is 13.1. The highest BCUT2D eigenvalue weighted by Crippen LogP contribution is 2.33. The molecule has 0 saturated carbocycles. The van der Waals surface area contributed by atoms with Crippen molar-refractivity contribution in [2.45, 2.75) is 50.2 Å². The molecule has 1 amide bonds. The van der Waals surface area contributed by atoms with Crippen LogP contribution >= 0.6 is 23.1 Å². The number of hydrogen-bond acceptors (Lipinski definition) is 6. The second-order valence-corrected chi connectivity index (χ2v) is 9.07. The fourth-order valence-corrected chi connectivity index (χ4v) is 5.35. The van der Waals surface area contributed by atoms with Crippen LogP contribution in [0.5, 0.6) is 0 Å². The van der Waals surface area contributed by atoms with E-state index in [2.05, 4.69) is 15.3 Å². The lowest BCUT2D eigenvalue weighted by Crippen LogP contribution is -2.30. The topological polar surface area (TPSA) is 88.0 Å². The minimum absolute atomic E-state index is 0.0510. The number of H-pyrrole nitrogens is 1. The summed E-state index contributed by atoms with van der Waals surface area (Å²) in [5.74, 6) is 1.77. The molecule has 142 valence electrons. The van der Waals surface area contributed by atoms with Crippen LogP contribution in [-0.2, 0) is 29.9 Å². The summed E-state index contributed by atoms with van der Waals surface area (Å²) < 4.78 is 5.21. The van der Waals surface area contributed by atoms with Gasteiger partial charge in [-0.05, 0) is 50.3 Å². The number of nitrogens with one attached hydrogen (secondary N) is 2. The molecule has 0 spiro atoms. The van der Waals surface area contributed by atoms with Crippen LogP contribution in [0.2, 0.25) is 0 Å². The molecule has 0 saturated heterocycles. The first kappa shape index (κ1) is 18.3. The number of aryl methyl sites for hydroxylation is 2. The maximum absolute atomic E-state index is 12.6. The molecule has 3 aromatic heterocycles. The Morgan fingerprint density at radius 1 is 1.44 bits per heavy atom. The number of aromatic amines is 1. The van der Waals surface area contributed by atoms with Gasteiger partial charge in [0.05, 0.1) is 29.2 Å². The van der Waals surface area contributed by atoms with Gasteiger partial charge in [-0.15, -0.1) is 23.1 Å². The number of amides is 1. The number of carbonyl (C=O) groups excluding carboxylic acids is 1. The van der Waals surface area contributed by atoms with Crippen LogP contribution in [0.15, 0.2) is 27.6 Å². The van der Waals surface area contributed by atoms with Gasteiger partial charge in [0.2, 0.25) is 5.91 Å². The molecule has 3 aromatic rings. The molecule has 0 aliphatic heterocycles.